The molecule has 0 aliphatic carbocycles. The molecule has 0 atom stereocenters. The summed E-state index contributed by atoms with van der Waals surface area (Å²) < 4.78 is 0. The maximum atomic E-state index is 9.98. The molecule has 0 rings (SSSR count). The lowest BCUT2D eigenvalue weighted by Crippen LogP contribution is -2.04. The van der Waals surface area contributed by atoms with Crippen LogP contribution in [0.3, 0.4) is 0 Å². The van der Waals surface area contributed by atoms with Crippen LogP contribution in [-0.4, -0.2) is 17.7 Å². The molecule has 1 N–H and O–H groups in total. The van der Waals surface area contributed by atoms with Crippen LogP contribution in [0.1, 0.15) is 0 Å². The Balaban J connectivity index is 3.93. The van der Waals surface area contributed by atoms with Gasteiger partial charge in [0, 0.05) is 12.8 Å². The van der Waals surface area contributed by atoms with Crippen LogP contribution in [0.4, 0.5) is 0 Å². The summed E-state index contributed by atoms with van der Waals surface area (Å²) in [5, 5.41) is 13.2. The summed E-state index contributed by atoms with van der Waals surface area (Å²) in [4.78, 5) is 9.50. The van der Waals surface area contributed by atoms with Gasteiger partial charge < -0.3 is 5.32 Å². The SMILES string of the molecule is C=CCSC(=C[N+](=O)[O-])NC. The van der Waals surface area contributed by atoms with Crippen LogP contribution in [-0.2, 0) is 0 Å². The molecule has 0 saturated heterocycles. The van der Waals surface area contributed by atoms with Gasteiger partial charge in [-0.1, -0.05) is 17.8 Å². The maximum absolute atomic E-state index is 9.98. The summed E-state index contributed by atoms with van der Waals surface area (Å²) in [5.74, 6) is 0.667. The molecule has 0 bridgehead atoms. The van der Waals surface area contributed by atoms with E-state index < -0.39 is 4.92 Å². The van der Waals surface area contributed by atoms with Gasteiger partial charge in [0.15, 0.2) is 0 Å². The van der Waals surface area contributed by atoms with E-state index in [2.05, 4.69) is 11.9 Å². The number of rotatable bonds is 5. The molecule has 62 valence electrons. The summed E-state index contributed by atoms with van der Waals surface area (Å²) in [6.45, 7) is 3.50. The highest BCUT2D eigenvalue weighted by Gasteiger charge is 1.98. The van der Waals surface area contributed by atoms with Gasteiger partial charge in [0.25, 0.3) is 6.20 Å². The lowest BCUT2D eigenvalue weighted by Gasteiger charge is -1.98. The van der Waals surface area contributed by atoms with E-state index in [9.17, 15) is 10.1 Å². The van der Waals surface area contributed by atoms with Crippen molar-refractivity contribution in [2.24, 2.45) is 0 Å². The predicted molar refractivity (Wildman–Crippen MR) is 46.8 cm³/mol. The second-order valence-corrected chi connectivity index (χ2v) is 2.69. The van der Waals surface area contributed by atoms with Crippen molar-refractivity contribution in [1.29, 1.82) is 0 Å². The van der Waals surface area contributed by atoms with Gasteiger partial charge in [-0.2, -0.15) is 0 Å². The minimum atomic E-state index is -0.484. The Kier molecular flexibility index (Phi) is 5.28. The molecule has 0 heterocycles. The van der Waals surface area contributed by atoms with Crippen LogP contribution in [0.2, 0.25) is 0 Å². The molecule has 0 unspecified atom stereocenters. The summed E-state index contributed by atoms with van der Waals surface area (Å²) in [6, 6.07) is 0. The second kappa shape index (κ2) is 5.79. The highest BCUT2D eigenvalue weighted by Crippen LogP contribution is 2.10. The average Bonchev–Trinajstić information content (AvgIpc) is 1.97. The van der Waals surface area contributed by atoms with E-state index in [1.807, 2.05) is 0 Å². The molecule has 0 amide bonds. The quantitative estimate of drug-likeness (QED) is 0.386. The smallest absolute Gasteiger partial charge is 0.263 e. The number of nitro groups is 1. The topological polar surface area (TPSA) is 55.2 Å². The van der Waals surface area contributed by atoms with Gasteiger partial charge in [-0.15, -0.1) is 6.58 Å². The molecule has 11 heavy (non-hydrogen) atoms. The maximum Gasteiger partial charge on any atom is 0.263 e. The standard InChI is InChI=1S/C6H10N2O2S/c1-3-4-11-6(7-2)5-8(9)10/h3,5,7H,1,4H2,2H3. The third kappa shape index (κ3) is 5.47. The van der Waals surface area contributed by atoms with E-state index in [1.165, 1.54) is 11.8 Å². The first kappa shape index (κ1) is 10.0. The molecular formula is C6H10N2O2S. The van der Waals surface area contributed by atoms with Gasteiger partial charge in [-0.3, -0.25) is 10.1 Å². The fourth-order valence-electron chi connectivity index (χ4n) is 0.418. The van der Waals surface area contributed by atoms with Crippen molar-refractivity contribution >= 4 is 11.8 Å². The normalized spacial score (nSPS) is 10.8. The summed E-state index contributed by atoms with van der Waals surface area (Å²) in [6.07, 6.45) is 2.63. The molecule has 0 fully saturated rings. The Bertz CT molecular complexity index is 179. The highest BCUT2D eigenvalue weighted by molar-refractivity contribution is 8.03. The Labute approximate surface area is 69.5 Å². The van der Waals surface area contributed by atoms with Crippen LogP contribution < -0.4 is 5.32 Å². The fraction of sp³-hybridized carbons (Fsp3) is 0.333. The zero-order valence-electron chi connectivity index (χ0n) is 6.24. The first-order chi connectivity index (χ1) is 5.20. The van der Waals surface area contributed by atoms with Crippen LogP contribution >= 0.6 is 11.8 Å². The van der Waals surface area contributed by atoms with Gasteiger partial charge in [0.1, 0.15) is 5.03 Å². The van der Waals surface area contributed by atoms with E-state index in [4.69, 9.17) is 0 Å². The first-order valence-corrected chi connectivity index (χ1v) is 3.96. The van der Waals surface area contributed by atoms with Gasteiger partial charge in [0.2, 0.25) is 0 Å². The molecule has 0 aromatic heterocycles. The largest absolute Gasteiger partial charge is 0.378 e. The minimum Gasteiger partial charge on any atom is -0.378 e. The van der Waals surface area contributed by atoms with E-state index >= 15 is 0 Å². The van der Waals surface area contributed by atoms with Gasteiger partial charge in [-0.25, -0.2) is 0 Å². The molecule has 0 radical (unpaired) electrons. The number of thioether (sulfide) groups is 1. The Hall–Kier alpha value is -0.970. The summed E-state index contributed by atoms with van der Waals surface area (Å²) in [5.41, 5.74) is 0. The molecule has 0 aromatic carbocycles. The Morgan fingerprint density at radius 2 is 2.55 bits per heavy atom. The zero-order valence-corrected chi connectivity index (χ0v) is 7.06. The third-order valence-electron chi connectivity index (χ3n) is 0.826. The van der Waals surface area contributed by atoms with E-state index in [0.29, 0.717) is 10.8 Å². The Morgan fingerprint density at radius 3 is 2.91 bits per heavy atom. The molecular weight excluding hydrogens is 164 g/mol. The van der Waals surface area contributed by atoms with Crippen LogP contribution in [0, 0.1) is 10.1 Å². The van der Waals surface area contributed by atoms with Gasteiger partial charge >= 0.3 is 0 Å². The van der Waals surface area contributed by atoms with Crippen LogP contribution in [0.25, 0.3) is 0 Å². The predicted octanol–water partition coefficient (Wildman–Crippen LogP) is 1.20. The molecule has 5 heteroatoms. The van der Waals surface area contributed by atoms with Crippen LogP contribution in [0.5, 0.6) is 0 Å². The second-order valence-electron chi connectivity index (χ2n) is 1.63. The van der Waals surface area contributed by atoms with E-state index in [1.54, 1.807) is 13.1 Å². The van der Waals surface area contributed by atoms with Crippen molar-refractivity contribution in [3.63, 3.8) is 0 Å². The van der Waals surface area contributed by atoms with Crippen molar-refractivity contribution < 1.29 is 4.92 Å². The first-order valence-electron chi connectivity index (χ1n) is 2.97. The monoisotopic (exact) mass is 174 g/mol. The van der Waals surface area contributed by atoms with Crippen molar-refractivity contribution in [3.8, 4) is 0 Å². The van der Waals surface area contributed by atoms with Crippen molar-refractivity contribution in [1.82, 2.24) is 5.32 Å². The third-order valence-corrected chi connectivity index (χ3v) is 1.85. The fourth-order valence-corrected chi connectivity index (χ4v) is 1.02. The molecule has 0 aliphatic rings. The molecule has 0 aliphatic heterocycles. The van der Waals surface area contributed by atoms with Crippen molar-refractivity contribution in [3.05, 3.63) is 34.0 Å². The number of nitrogens with one attached hydrogen (secondary N) is 1. The highest BCUT2D eigenvalue weighted by atomic mass is 32.2. The molecule has 0 spiro atoms. The average molecular weight is 174 g/mol. The molecule has 0 saturated carbocycles. The zero-order chi connectivity index (χ0) is 8.69. The lowest BCUT2D eigenvalue weighted by atomic mass is 10.8. The summed E-state index contributed by atoms with van der Waals surface area (Å²) >= 11 is 1.34. The van der Waals surface area contributed by atoms with Crippen LogP contribution in [0.15, 0.2) is 23.9 Å². The van der Waals surface area contributed by atoms with Crippen molar-refractivity contribution in [2.45, 2.75) is 0 Å². The molecule has 4 nitrogen and oxygen atoms in total. The number of hydrogen-bond donors (Lipinski definition) is 1. The molecule has 0 aromatic rings. The number of hydrogen-bond acceptors (Lipinski definition) is 4. The van der Waals surface area contributed by atoms with E-state index in [0.717, 1.165) is 6.20 Å². The Morgan fingerprint density at radius 1 is 1.91 bits per heavy atom. The lowest BCUT2D eigenvalue weighted by molar-refractivity contribution is -0.403. The van der Waals surface area contributed by atoms with E-state index in [-0.39, 0.29) is 0 Å². The minimum absolute atomic E-state index is 0.484. The van der Waals surface area contributed by atoms with Crippen molar-refractivity contribution in [2.75, 3.05) is 12.8 Å². The van der Waals surface area contributed by atoms with Gasteiger partial charge in [-0.05, 0) is 0 Å². The summed E-state index contributed by atoms with van der Waals surface area (Å²) in [7, 11) is 1.64. The van der Waals surface area contributed by atoms with Gasteiger partial charge in [0.05, 0.1) is 4.92 Å². The number of nitrogens with zero attached hydrogens (tertiary/aromatic N) is 1.